The van der Waals surface area contributed by atoms with Crippen molar-refractivity contribution in [2.75, 3.05) is 38.6 Å². The number of para-hydroxylation sites is 2. The molecule has 1 saturated heterocycles. The molecule has 0 saturated carbocycles. The standard InChI is InChI=1S/C18H24N6OS/c1-23-17(7-6-16-19-14-4-2-3-5-15(14)20-16)21-22-18(23)26-13-10-24-8-11-25-12-9-24/h2-5H,6-13H2,1H3,(H,19,20). The van der Waals surface area contributed by atoms with Crippen LogP contribution in [-0.2, 0) is 24.6 Å². The van der Waals surface area contributed by atoms with Gasteiger partial charge in [-0.1, -0.05) is 23.9 Å². The Balaban J connectivity index is 1.30. The van der Waals surface area contributed by atoms with Gasteiger partial charge in [-0.15, -0.1) is 10.2 Å². The van der Waals surface area contributed by atoms with Gasteiger partial charge >= 0.3 is 0 Å². The Morgan fingerprint density at radius 1 is 1.15 bits per heavy atom. The van der Waals surface area contributed by atoms with E-state index in [0.29, 0.717) is 0 Å². The van der Waals surface area contributed by atoms with E-state index in [1.54, 1.807) is 11.8 Å². The molecule has 4 rings (SSSR count). The lowest BCUT2D eigenvalue weighted by Gasteiger charge is -2.26. The smallest absolute Gasteiger partial charge is 0.190 e. The Kier molecular flexibility index (Phi) is 5.52. The van der Waals surface area contributed by atoms with E-state index in [0.717, 1.165) is 79.3 Å². The highest BCUT2D eigenvalue weighted by atomic mass is 32.2. The summed E-state index contributed by atoms with van der Waals surface area (Å²) < 4.78 is 7.49. The summed E-state index contributed by atoms with van der Waals surface area (Å²) in [6, 6.07) is 8.11. The van der Waals surface area contributed by atoms with Gasteiger partial charge in [0.25, 0.3) is 0 Å². The van der Waals surface area contributed by atoms with E-state index in [2.05, 4.69) is 35.7 Å². The molecule has 0 aliphatic carbocycles. The lowest BCUT2D eigenvalue weighted by molar-refractivity contribution is 0.0410. The molecule has 0 unspecified atom stereocenters. The fourth-order valence-electron chi connectivity index (χ4n) is 3.13. The van der Waals surface area contributed by atoms with Gasteiger partial charge in [-0.3, -0.25) is 4.90 Å². The fourth-order valence-corrected chi connectivity index (χ4v) is 4.06. The van der Waals surface area contributed by atoms with Crippen molar-refractivity contribution in [3.8, 4) is 0 Å². The van der Waals surface area contributed by atoms with Gasteiger partial charge in [0.05, 0.1) is 24.2 Å². The Hall–Kier alpha value is -1.90. The highest BCUT2D eigenvalue weighted by Gasteiger charge is 2.13. The number of hydrogen-bond donors (Lipinski definition) is 1. The number of hydrogen-bond acceptors (Lipinski definition) is 6. The van der Waals surface area contributed by atoms with Crippen LogP contribution in [0.3, 0.4) is 0 Å². The summed E-state index contributed by atoms with van der Waals surface area (Å²) in [6.07, 6.45) is 1.66. The normalized spacial score (nSPS) is 15.7. The highest BCUT2D eigenvalue weighted by Crippen LogP contribution is 2.17. The van der Waals surface area contributed by atoms with Gasteiger partial charge in [-0.05, 0) is 12.1 Å². The molecule has 3 heterocycles. The second-order valence-corrected chi connectivity index (χ2v) is 7.52. The summed E-state index contributed by atoms with van der Waals surface area (Å²) in [4.78, 5) is 10.4. The molecular formula is C18H24N6OS. The molecule has 26 heavy (non-hydrogen) atoms. The van der Waals surface area contributed by atoms with Crippen molar-refractivity contribution >= 4 is 22.8 Å². The number of nitrogens with one attached hydrogen (secondary N) is 1. The maximum Gasteiger partial charge on any atom is 0.190 e. The predicted octanol–water partition coefficient (Wildman–Crippen LogP) is 1.90. The lowest BCUT2D eigenvalue weighted by atomic mass is 10.3. The number of benzene rings is 1. The van der Waals surface area contributed by atoms with E-state index in [4.69, 9.17) is 4.74 Å². The molecule has 3 aromatic rings. The lowest BCUT2D eigenvalue weighted by Crippen LogP contribution is -2.37. The first-order valence-corrected chi connectivity index (χ1v) is 10.0. The van der Waals surface area contributed by atoms with Gasteiger partial charge < -0.3 is 14.3 Å². The molecule has 0 atom stereocenters. The Morgan fingerprint density at radius 2 is 2.00 bits per heavy atom. The second kappa shape index (κ2) is 8.20. The quantitative estimate of drug-likeness (QED) is 0.639. The number of aryl methyl sites for hydroxylation is 2. The van der Waals surface area contributed by atoms with Crippen LogP contribution in [0.25, 0.3) is 11.0 Å². The molecule has 1 fully saturated rings. The Bertz CT molecular complexity index is 821. The van der Waals surface area contributed by atoms with Crippen molar-refractivity contribution in [3.05, 3.63) is 35.9 Å². The van der Waals surface area contributed by atoms with E-state index >= 15 is 0 Å². The number of nitrogens with zero attached hydrogens (tertiary/aromatic N) is 5. The molecule has 2 aromatic heterocycles. The minimum Gasteiger partial charge on any atom is -0.379 e. The van der Waals surface area contributed by atoms with E-state index in [9.17, 15) is 0 Å². The minimum absolute atomic E-state index is 0.827. The summed E-state index contributed by atoms with van der Waals surface area (Å²) in [6.45, 7) is 4.82. The Labute approximate surface area is 157 Å². The van der Waals surface area contributed by atoms with Crippen molar-refractivity contribution in [1.82, 2.24) is 29.6 Å². The summed E-state index contributed by atoms with van der Waals surface area (Å²) in [5.41, 5.74) is 2.10. The maximum atomic E-state index is 5.39. The molecule has 0 radical (unpaired) electrons. The summed E-state index contributed by atoms with van der Waals surface area (Å²) >= 11 is 1.77. The van der Waals surface area contributed by atoms with Crippen LogP contribution >= 0.6 is 11.8 Å². The van der Waals surface area contributed by atoms with Crippen LogP contribution < -0.4 is 0 Å². The number of fused-ring (bicyclic) bond motifs is 1. The van der Waals surface area contributed by atoms with Crippen LogP contribution in [0.2, 0.25) is 0 Å². The van der Waals surface area contributed by atoms with Crippen LogP contribution in [-0.4, -0.2) is 68.2 Å². The van der Waals surface area contributed by atoms with Crippen molar-refractivity contribution in [3.63, 3.8) is 0 Å². The van der Waals surface area contributed by atoms with E-state index < -0.39 is 0 Å². The van der Waals surface area contributed by atoms with Gasteiger partial charge in [0, 0.05) is 45.3 Å². The van der Waals surface area contributed by atoms with Crippen LogP contribution in [0.15, 0.2) is 29.4 Å². The number of aromatic amines is 1. The molecule has 1 N–H and O–H groups in total. The Morgan fingerprint density at radius 3 is 2.85 bits per heavy atom. The van der Waals surface area contributed by atoms with E-state index in [1.807, 2.05) is 25.2 Å². The molecular weight excluding hydrogens is 348 g/mol. The third-order valence-corrected chi connectivity index (χ3v) is 5.69. The van der Waals surface area contributed by atoms with E-state index in [1.165, 1.54) is 0 Å². The summed E-state index contributed by atoms with van der Waals surface area (Å²) in [5, 5.41) is 9.71. The highest BCUT2D eigenvalue weighted by molar-refractivity contribution is 7.99. The maximum absolute atomic E-state index is 5.39. The SMILES string of the molecule is Cn1c(CCc2nc3ccccc3[nH]2)nnc1SCCN1CCOCC1. The van der Waals surface area contributed by atoms with Gasteiger partial charge in [-0.2, -0.15) is 0 Å². The van der Waals surface area contributed by atoms with Crippen molar-refractivity contribution in [2.45, 2.75) is 18.0 Å². The first-order chi connectivity index (χ1) is 12.8. The topological polar surface area (TPSA) is 71.9 Å². The molecule has 8 heteroatoms. The zero-order chi connectivity index (χ0) is 17.8. The van der Waals surface area contributed by atoms with Crippen LogP contribution in [0.5, 0.6) is 0 Å². The van der Waals surface area contributed by atoms with Crippen LogP contribution in [0.1, 0.15) is 11.6 Å². The zero-order valence-corrected chi connectivity index (χ0v) is 15.8. The van der Waals surface area contributed by atoms with Gasteiger partial charge in [-0.25, -0.2) is 4.98 Å². The first-order valence-electron chi connectivity index (χ1n) is 9.04. The number of thioether (sulfide) groups is 1. The molecule has 138 valence electrons. The van der Waals surface area contributed by atoms with Crippen molar-refractivity contribution in [2.24, 2.45) is 7.05 Å². The number of H-pyrrole nitrogens is 1. The second-order valence-electron chi connectivity index (χ2n) is 6.46. The van der Waals surface area contributed by atoms with Gasteiger partial charge in [0.15, 0.2) is 5.16 Å². The third kappa shape index (κ3) is 4.08. The number of imidazole rings is 1. The average Bonchev–Trinajstić information content (AvgIpc) is 3.24. The molecule has 0 amide bonds. The molecule has 0 bridgehead atoms. The largest absolute Gasteiger partial charge is 0.379 e. The van der Waals surface area contributed by atoms with Gasteiger partial charge in [0.1, 0.15) is 11.6 Å². The molecule has 1 aliphatic rings. The van der Waals surface area contributed by atoms with Crippen LogP contribution in [0, 0.1) is 0 Å². The molecule has 7 nitrogen and oxygen atoms in total. The third-order valence-electron chi connectivity index (χ3n) is 4.69. The number of ether oxygens (including phenoxy) is 1. The predicted molar refractivity (Wildman–Crippen MR) is 102 cm³/mol. The summed E-state index contributed by atoms with van der Waals surface area (Å²) in [7, 11) is 2.05. The van der Waals surface area contributed by atoms with Crippen LogP contribution in [0.4, 0.5) is 0 Å². The molecule has 1 aliphatic heterocycles. The summed E-state index contributed by atoms with van der Waals surface area (Å²) in [5.74, 6) is 3.02. The number of rotatable bonds is 7. The number of morpholine rings is 1. The average molecular weight is 372 g/mol. The van der Waals surface area contributed by atoms with Gasteiger partial charge in [0.2, 0.25) is 0 Å². The number of aromatic nitrogens is 5. The van der Waals surface area contributed by atoms with Crippen molar-refractivity contribution < 1.29 is 4.74 Å². The zero-order valence-electron chi connectivity index (χ0n) is 15.0. The minimum atomic E-state index is 0.827. The first kappa shape index (κ1) is 17.5. The molecule has 1 aromatic carbocycles. The monoisotopic (exact) mass is 372 g/mol. The van der Waals surface area contributed by atoms with Crippen molar-refractivity contribution in [1.29, 1.82) is 0 Å². The fraction of sp³-hybridized carbons (Fsp3) is 0.500. The van der Waals surface area contributed by atoms with E-state index in [-0.39, 0.29) is 0 Å². The molecule has 0 spiro atoms.